The summed E-state index contributed by atoms with van der Waals surface area (Å²) in [7, 11) is 0. The summed E-state index contributed by atoms with van der Waals surface area (Å²) in [5.41, 5.74) is 1.59. The molecule has 1 aliphatic rings. The molecular formula is C14H22O4. The molecule has 102 valence electrons. The first kappa shape index (κ1) is 14.7. The monoisotopic (exact) mass is 254 g/mol. The van der Waals surface area contributed by atoms with Gasteiger partial charge in [0.25, 0.3) is 0 Å². The van der Waals surface area contributed by atoms with Gasteiger partial charge in [0.15, 0.2) is 0 Å². The van der Waals surface area contributed by atoms with Crippen molar-refractivity contribution < 1.29 is 19.1 Å². The van der Waals surface area contributed by atoms with Crippen LogP contribution >= 0.6 is 0 Å². The predicted octanol–water partition coefficient (Wildman–Crippen LogP) is 2.62. The Morgan fingerprint density at radius 2 is 1.67 bits per heavy atom. The number of ether oxygens (including phenoxy) is 2. The van der Waals surface area contributed by atoms with Gasteiger partial charge in [-0.25, -0.2) is 4.79 Å². The van der Waals surface area contributed by atoms with Crippen molar-refractivity contribution in [2.45, 2.75) is 46.5 Å². The van der Waals surface area contributed by atoms with Crippen LogP contribution in [0, 0.1) is 5.92 Å². The quantitative estimate of drug-likeness (QED) is 0.559. The summed E-state index contributed by atoms with van der Waals surface area (Å²) < 4.78 is 10.1. The highest BCUT2D eigenvalue weighted by molar-refractivity contribution is 5.96. The van der Waals surface area contributed by atoms with E-state index in [2.05, 4.69) is 0 Å². The Bertz CT molecular complexity index is 336. The van der Waals surface area contributed by atoms with Crippen molar-refractivity contribution >= 4 is 11.9 Å². The molecular weight excluding hydrogens is 232 g/mol. The number of hydrogen-bond donors (Lipinski definition) is 0. The Hall–Kier alpha value is -1.32. The third-order valence-electron chi connectivity index (χ3n) is 3.16. The van der Waals surface area contributed by atoms with Crippen LogP contribution in [-0.4, -0.2) is 25.2 Å². The number of esters is 2. The van der Waals surface area contributed by atoms with Crippen molar-refractivity contribution in [1.82, 2.24) is 0 Å². The lowest BCUT2D eigenvalue weighted by Crippen LogP contribution is -2.24. The molecule has 0 heterocycles. The van der Waals surface area contributed by atoms with E-state index in [4.69, 9.17) is 9.47 Å². The van der Waals surface area contributed by atoms with Gasteiger partial charge in [0.05, 0.1) is 24.7 Å². The second-order valence-corrected chi connectivity index (χ2v) is 4.42. The van der Waals surface area contributed by atoms with Crippen molar-refractivity contribution in [2.24, 2.45) is 5.92 Å². The van der Waals surface area contributed by atoms with Crippen LogP contribution in [0.1, 0.15) is 46.5 Å². The van der Waals surface area contributed by atoms with Crippen LogP contribution in [0.25, 0.3) is 0 Å². The Morgan fingerprint density at radius 1 is 1.11 bits per heavy atom. The van der Waals surface area contributed by atoms with Crippen molar-refractivity contribution in [3.63, 3.8) is 0 Å². The Labute approximate surface area is 108 Å². The van der Waals surface area contributed by atoms with Crippen LogP contribution in [0.15, 0.2) is 11.1 Å². The number of carbonyl (C=O) groups excluding carboxylic acids is 2. The summed E-state index contributed by atoms with van der Waals surface area (Å²) in [4.78, 5) is 23.8. The molecule has 0 N–H and O–H groups in total. The van der Waals surface area contributed by atoms with Crippen LogP contribution in [0.5, 0.6) is 0 Å². The van der Waals surface area contributed by atoms with E-state index in [1.165, 1.54) is 0 Å². The fourth-order valence-electron chi connectivity index (χ4n) is 2.29. The van der Waals surface area contributed by atoms with Gasteiger partial charge < -0.3 is 9.47 Å². The minimum Gasteiger partial charge on any atom is -0.466 e. The molecule has 0 radical (unpaired) electrons. The summed E-state index contributed by atoms with van der Waals surface area (Å²) in [5.74, 6) is -1.24. The maximum absolute atomic E-state index is 12.0. The molecule has 0 amide bonds. The van der Waals surface area contributed by atoms with Gasteiger partial charge in [-0.1, -0.05) is 5.57 Å². The maximum atomic E-state index is 12.0. The van der Waals surface area contributed by atoms with Gasteiger partial charge in [0.2, 0.25) is 0 Å². The Balaban J connectivity index is 2.93. The SMILES string of the molecule is CCOC(=O)C(=C1CCCC1)C(C)C(=O)OCC. The molecule has 0 aromatic heterocycles. The van der Waals surface area contributed by atoms with E-state index in [9.17, 15) is 9.59 Å². The van der Waals surface area contributed by atoms with Crippen molar-refractivity contribution in [2.75, 3.05) is 13.2 Å². The van der Waals surface area contributed by atoms with Gasteiger partial charge in [-0.3, -0.25) is 4.79 Å². The topological polar surface area (TPSA) is 52.6 Å². The smallest absolute Gasteiger partial charge is 0.334 e. The molecule has 1 saturated carbocycles. The second kappa shape index (κ2) is 7.19. The molecule has 1 rings (SSSR count). The van der Waals surface area contributed by atoms with Crippen molar-refractivity contribution in [3.05, 3.63) is 11.1 Å². The van der Waals surface area contributed by atoms with Crippen LogP contribution in [0.3, 0.4) is 0 Å². The van der Waals surface area contributed by atoms with Gasteiger partial charge in [-0.2, -0.15) is 0 Å². The number of allylic oxidation sites excluding steroid dienone is 1. The summed E-state index contributed by atoms with van der Waals surface area (Å²) >= 11 is 0. The minimum absolute atomic E-state index is 0.325. The second-order valence-electron chi connectivity index (χ2n) is 4.42. The lowest BCUT2D eigenvalue weighted by atomic mass is 9.94. The summed E-state index contributed by atoms with van der Waals surface area (Å²) in [6.45, 7) is 5.90. The van der Waals surface area contributed by atoms with Crippen LogP contribution in [0.4, 0.5) is 0 Å². The van der Waals surface area contributed by atoms with Gasteiger partial charge >= 0.3 is 11.9 Å². The first-order valence-electron chi connectivity index (χ1n) is 6.67. The molecule has 0 bridgehead atoms. The molecule has 0 saturated heterocycles. The zero-order valence-corrected chi connectivity index (χ0v) is 11.5. The number of hydrogen-bond acceptors (Lipinski definition) is 4. The fraction of sp³-hybridized carbons (Fsp3) is 0.714. The van der Waals surface area contributed by atoms with Crippen molar-refractivity contribution in [1.29, 1.82) is 0 Å². The van der Waals surface area contributed by atoms with E-state index in [-0.39, 0.29) is 11.9 Å². The lowest BCUT2D eigenvalue weighted by Gasteiger charge is -2.16. The van der Waals surface area contributed by atoms with E-state index in [1.807, 2.05) is 0 Å². The first-order valence-corrected chi connectivity index (χ1v) is 6.67. The maximum Gasteiger partial charge on any atom is 0.334 e. The molecule has 4 heteroatoms. The largest absolute Gasteiger partial charge is 0.466 e. The minimum atomic E-state index is -0.530. The molecule has 0 aliphatic heterocycles. The number of carbonyl (C=O) groups is 2. The average Bonchev–Trinajstić information content (AvgIpc) is 2.83. The summed E-state index contributed by atoms with van der Waals surface area (Å²) in [6.07, 6.45) is 3.93. The van der Waals surface area contributed by atoms with Crippen LogP contribution in [-0.2, 0) is 19.1 Å². The predicted molar refractivity (Wildman–Crippen MR) is 67.9 cm³/mol. The zero-order chi connectivity index (χ0) is 13.5. The Morgan fingerprint density at radius 3 is 2.17 bits per heavy atom. The molecule has 1 unspecified atom stereocenters. The van der Waals surface area contributed by atoms with Gasteiger partial charge in [0.1, 0.15) is 0 Å². The molecule has 0 aromatic carbocycles. The third kappa shape index (κ3) is 3.59. The Kier molecular flexibility index (Phi) is 5.89. The lowest BCUT2D eigenvalue weighted by molar-refractivity contribution is -0.149. The van der Waals surface area contributed by atoms with Gasteiger partial charge in [-0.05, 0) is 46.5 Å². The molecule has 0 spiro atoms. The molecule has 4 nitrogen and oxygen atoms in total. The van der Waals surface area contributed by atoms with Crippen molar-refractivity contribution in [3.8, 4) is 0 Å². The van der Waals surface area contributed by atoms with Gasteiger partial charge in [0, 0.05) is 0 Å². The summed E-state index contributed by atoms with van der Waals surface area (Å²) in [6, 6.07) is 0. The molecule has 0 aromatic rings. The van der Waals surface area contributed by atoms with Gasteiger partial charge in [-0.15, -0.1) is 0 Å². The van der Waals surface area contributed by atoms with Crippen LogP contribution < -0.4 is 0 Å². The highest BCUT2D eigenvalue weighted by Gasteiger charge is 2.29. The molecule has 1 atom stereocenters. The fourth-order valence-corrected chi connectivity index (χ4v) is 2.29. The normalized spacial score (nSPS) is 16.3. The highest BCUT2D eigenvalue weighted by atomic mass is 16.5. The van der Waals surface area contributed by atoms with E-state index in [0.29, 0.717) is 18.8 Å². The van der Waals surface area contributed by atoms with E-state index >= 15 is 0 Å². The zero-order valence-electron chi connectivity index (χ0n) is 11.5. The molecule has 1 fully saturated rings. The first-order chi connectivity index (χ1) is 8.61. The average molecular weight is 254 g/mol. The standard InChI is InChI=1S/C14H22O4/c1-4-17-13(15)10(3)12(14(16)18-5-2)11-8-6-7-9-11/h10H,4-9H2,1-3H3. The number of rotatable bonds is 5. The molecule has 18 heavy (non-hydrogen) atoms. The molecule has 1 aliphatic carbocycles. The third-order valence-corrected chi connectivity index (χ3v) is 3.16. The van der Waals surface area contributed by atoms with E-state index in [1.54, 1.807) is 20.8 Å². The van der Waals surface area contributed by atoms with Crippen LogP contribution in [0.2, 0.25) is 0 Å². The summed E-state index contributed by atoms with van der Waals surface area (Å²) in [5, 5.41) is 0. The highest BCUT2D eigenvalue weighted by Crippen LogP contribution is 2.31. The van der Waals surface area contributed by atoms with E-state index < -0.39 is 5.92 Å². The van der Waals surface area contributed by atoms with E-state index in [0.717, 1.165) is 31.3 Å².